The first-order valence-corrected chi connectivity index (χ1v) is 4.58. The first-order valence-electron chi connectivity index (χ1n) is 4.58. The molecule has 68 valence electrons. The molecule has 0 spiro atoms. The Hall–Kier alpha value is -0.570. The fraction of sp³-hybridized carbons (Fsp3) is 0.889. The van der Waals surface area contributed by atoms with Crippen LogP contribution in [0, 0.1) is 5.41 Å². The Bertz CT molecular complexity index is 221. The van der Waals surface area contributed by atoms with Crippen LogP contribution in [-0.2, 0) is 4.79 Å². The van der Waals surface area contributed by atoms with Crippen molar-refractivity contribution in [3.05, 3.63) is 0 Å². The van der Waals surface area contributed by atoms with Crippen molar-refractivity contribution in [3.63, 3.8) is 0 Å². The van der Waals surface area contributed by atoms with Crippen molar-refractivity contribution in [2.75, 3.05) is 6.54 Å². The molecule has 1 aliphatic heterocycles. The van der Waals surface area contributed by atoms with E-state index in [-0.39, 0.29) is 17.4 Å². The van der Waals surface area contributed by atoms with Gasteiger partial charge in [-0.05, 0) is 12.8 Å². The highest BCUT2D eigenvalue weighted by molar-refractivity contribution is 5.85. The van der Waals surface area contributed by atoms with Crippen molar-refractivity contribution >= 4 is 5.91 Å². The van der Waals surface area contributed by atoms with Crippen molar-refractivity contribution in [2.24, 2.45) is 11.1 Å². The topological polar surface area (TPSA) is 46.3 Å². The van der Waals surface area contributed by atoms with Gasteiger partial charge in [-0.3, -0.25) is 4.79 Å². The summed E-state index contributed by atoms with van der Waals surface area (Å²) >= 11 is 0. The molecule has 3 heteroatoms. The average molecular weight is 168 g/mol. The molecule has 0 unspecified atom stereocenters. The van der Waals surface area contributed by atoms with Gasteiger partial charge in [-0.25, -0.2) is 0 Å². The molecule has 12 heavy (non-hydrogen) atoms. The number of amides is 1. The van der Waals surface area contributed by atoms with Crippen LogP contribution in [-0.4, -0.2) is 29.4 Å². The second-order valence-electron chi connectivity index (χ2n) is 4.66. The van der Waals surface area contributed by atoms with E-state index in [1.54, 1.807) is 0 Å². The van der Waals surface area contributed by atoms with E-state index in [9.17, 15) is 4.79 Å². The molecule has 1 aliphatic carbocycles. The molecular weight excluding hydrogens is 152 g/mol. The van der Waals surface area contributed by atoms with Crippen molar-refractivity contribution in [3.8, 4) is 0 Å². The normalized spacial score (nSPS) is 34.4. The van der Waals surface area contributed by atoms with Crippen molar-refractivity contribution in [1.82, 2.24) is 4.90 Å². The Morgan fingerprint density at radius 2 is 2.08 bits per heavy atom. The molecule has 0 aromatic heterocycles. The lowest BCUT2D eigenvalue weighted by atomic mass is 9.88. The van der Waals surface area contributed by atoms with Gasteiger partial charge in [-0.2, -0.15) is 0 Å². The van der Waals surface area contributed by atoms with E-state index in [4.69, 9.17) is 5.73 Å². The van der Waals surface area contributed by atoms with Crippen LogP contribution in [0.15, 0.2) is 0 Å². The quantitative estimate of drug-likeness (QED) is 0.614. The zero-order chi connectivity index (χ0) is 8.93. The van der Waals surface area contributed by atoms with E-state index in [1.165, 1.54) is 12.8 Å². The number of hydrogen-bond acceptors (Lipinski definition) is 2. The highest BCUT2D eigenvalue weighted by Gasteiger charge is 2.48. The van der Waals surface area contributed by atoms with E-state index >= 15 is 0 Å². The maximum atomic E-state index is 11.6. The minimum absolute atomic E-state index is 0.0281. The number of rotatable bonds is 1. The fourth-order valence-corrected chi connectivity index (χ4v) is 1.82. The van der Waals surface area contributed by atoms with Gasteiger partial charge in [-0.1, -0.05) is 13.8 Å². The molecule has 1 atom stereocenters. The van der Waals surface area contributed by atoms with Crippen molar-refractivity contribution in [1.29, 1.82) is 0 Å². The summed E-state index contributed by atoms with van der Waals surface area (Å²) in [4.78, 5) is 13.6. The van der Waals surface area contributed by atoms with E-state index in [0.29, 0.717) is 6.04 Å². The van der Waals surface area contributed by atoms with Gasteiger partial charge < -0.3 is 10.6 Å². The molecule has 2 aliphatic rings. The van der Waals surface area contributed by atoms with Crippen molar-refractivity contribution < 1.29 is 4.79 Å². The van der Waals surface area contributed by atoms with E-state index in [0.717, 1.165) is 6.54 Å². The highest BCUT2D eigenvalue weighted by atomic mass is 16.2. The van der Waals surface area contributed by atoms with E-state index in [1.807, 2.05) is 4.90 Å². The van der Waals surface area contributed by atoms with Crippen LogP contribution in [0.25, 0.3) is 0 Å². The molecule has 1 saturated carbocycles. The van der Waals surface area contributed by atoms with E-state index < -0.39 is 0 Å². The second-order valence-corrected chi connectivity index (χ2v) is 4.66. The Labute approximate surface area is 72.9 Å². The van der Waals surface area contributed by atoms with Crippen LogP contribution in [0.4, 0.5) is 0 Å². The van der Waals surface area contributed by atoms with Gasteiger partial charge >= 0.3 is 0 Å². The zero-order valence-corrected chi connectivity index (χ0v) is 7.71. The van der Waals surface area contributed by atoms with Crippen LogP contribution in [0.3, 0.4) is 0 Å². The summed E-state index contributed by atoms with van der Waals surface area (Å²) in [6, 6.07) is 0.239. The van der Waals surface area contributed by atoms with Gasteiger partial charge in [0.25, 0.3) is 0 Å². The summed E-state index contributed by atoms with van der Waals surface area (Å²) in [5.41, 5.74) is 5.79. The van der Waals surface area contributed by atoms with Gasteiger partial charge in [-0.15, -0.1) is 0 Å². The van der Waals surface area contributed by atoms with Gasteiger partial charge in [0.05, 0.1) is 6.04 Å². The third kappa shape index (κ3) is 1.04. The van der Waals surface area contributed by atoms with Gasteiger partial charge in [0, 0.05) is 18.0 Å². The lowest BCUT2D eigenvalue weighted by Gasteiger charge is -2.20. The SMILES string of the molecule is CC1(C)CN(C2CC2)C(=O)[C@H]1N. The molecule has 1 amide bonds. The van der Waals surface area contributed by atoms with Gasteiger partial charge in [0.15, 0.2) is 0 Å². The molecule has 2 N–H and O–H groups in total. The van der Waals surface area contributed by atoms with Crippen molar-refractivity contribution in [2.45, 2.75) is 38.8 Å². The standard InChI is InChI=1S/C9H16N2O/c1-9(2)5-11(6-3-4-6)8(12)7(9)10/h6-7H,3-5,10H2,1-2H3/t7-/m1/s1. The van der Waals surface area contributed by atoms with Gasteiger partial charge in [0.2, 0.25) is 5.91 Å². The third-order valence-corrected chi connectivity index (χ3v) is 2.96. The number of carbonyl (C=O) groups excluding carboxylic acids is 1. The van der Waals surface area contributed by atoms with Crippen LogP contribution in [0.1, 0.15) is 26.7 Å². The summed E-state index contributed by atoms with van der Waals surface area (Å²) in [5, 5.41) is 0. The molecule has 0 aromatic rings. The minimum Gasteiger partial charge on any atom is -0.338 e. The molecular formula is C9H16N2O. The highest BCUT2D eigenvalue weighted by Crippen LogP contribution is 2.37. The molecule has 1 saturated heterocycles. The Morgan fingerprint density at radius 3 is 2.42 bits per heavy atom. The van der Waals surface area contributed by atoms with E-state index in [2.05, 4.69) is 13.8 Å². The number of hydrogen-bond donors (Lipinski definition) is 1. The molecule has 0 radical (unpaired) electrons. The lowest BCUT2D eigenvalue weighted by Crippen LogP contribution is -2.39. The number of carbonyl (C=O) groups is 1. The first kappa shape index (κ1) is 8.05. The summed E-state index contributed by atoms with van der Waals surface area (Å²) in [7, 11) is 0. The van der Waals surface area contributed by atoms with Crippen LogP contribution in [0.5, 0.6) is 0 Å². The zero-order valence-electron chi connectivity index (χ0n) is 7.71. The molecule has 2 fully saturated rings. The lowest BCUT2D eigenvalue weighted by molar-refractivity contribution is -0.129. The molecule has 0 aromatic carbocycles. The van der Waals surface area contributed by atoms with Gasteiger partial charge in [0.1, 0.15) is 0 Å². The number of nitrogens with zero attached hydrogens (tertiary/aromatic N) is 1. The Balaban J connectivity index is 2.16. The summed E-state index contributed by atoms with van der Waals surface area (Å²) in [5.74, 6) is 0.155. The summed E-state index contributed by atoms with van der Waals surface area (Å²) in [6.07, 6.45) is 2.35. The molecule has 0 bridgehead atoms. The predicted octanol–water partition coefficient (Wildman–Crippen LogP) is 0.345. The third-order valence-electron chi connectivity index (χ3n) is 2.96. The van der Waals surface area contributed by atoms with Crippen LogP contribution < -0.4 is 5.73 Å². The Morgan fingerprint density at radius 1 is 1.50 bits per heavy atom. The largest absolute Gasteiger partial charge is 0.338 e. The predicted molar refractivity (Wildman–Crippen MR) is 46.5 cm³/mol. The first-order chi connectivity index (χ1) is 5.52. The average Bonchev–Trinajstić information content (AvgIpc) is 2.76. The molecule has 1 heterocycles. The van der Waals surface area contributed by atoms with Crippen LogP contribution >= 0.6 is 0 Å². The maximum absolute atomic E-state index is 11.6. The number of nitrogens with two attached hydrogens (primary N) is 1. The summed E-state index contributed by atoms with van der Waals surface area (Å²) in [6.45, 7) is 4.98. The maximum Gasteiger partial charge on any atom is 0.240 e. The molecule has 2 rings (SSSR count). The van der Waals surface area contributed by atoms with Crippen LogP contribution in [0.2, 0.25) is 0 Å². The minimum atomic E-state index is -0.280. The monoisotopic (exact) mass is 168 g/mol. The Kier molecular flexibility index (Phi) is 1.49. The fourth-order valence-electron chi connectivity index (χ4n) is 1.82. The molecule has 3 nitrogen and oxygen atoms in total. The summed E-state index contributed by atoms with van der Waals surface area (Å²) < 4.78 is 0. The number of likely N-dealkylation sites (tertiary alicyclic amines) is 1. The second kappa shape index (κ2) is 2.22. The smallest absolute Gasteiger partial charge is 0.240 e.